The fourth-order valence-corrected chi connectivity index (χ4v) is 2.46. The van der Waals surface area contributed by atoms with Gasteiger partial charge in [0, 0.05) is 10.9 Å². The summed E-state index contributed by atoms with van der Waals surface area (Å²) in [7, 11) is 0. The van der Waals surface area contributed by atoms with Crippen LogP contribution in [0.25, 0.3) is 0 Å². The zero-order valence-corrected chi connectivity index (χ0v) is 11.7. The van der Waals surface area contributed by atoms with Gasteiger partial charge in [0.25, 0.3) is 0 Å². The lowest BCUT2D eigenvalue weighted by Crippen LogP contribution is -2.15. The predicted molar refractivity (Wildman–Crippen MR) is 74.9 cm³/mol. The molecule has 1 aliphatic carbocycles. The molecule has 1 saturated carbocycles. The maximum Gasteiger partial charge on any atom is 0.240 e. The summed E-state index contributed by atoms with van der Waals surface area (Å²) in [6.45, 7) is 2.78. The fraction of sp³-hybridized carbons (Fsp3) is 0.429. The Morgan fingerprint density at radius 2 is 2.11 bits per heavy atom. The predicted octanol–water partition coefficient (Wildman–Crippen LogP) is 2.92. The molecule has 1 fully saturated rings. The van der Waals surface area contributed by atoms with Crippen LogP contribution in [-0.4, -0.2) is 16.2 Å². The topological polar surface area (TPSA) is 51.0 Å². The highest BCUT2D eigenvalue weighted by atomic mass is 32.2. The van der Waals surface area contributed by atoms with Gasteiger partial charge >= 0.3 is 0 Å². The molecule has 0 amide bonds. The highest BCUT2D eigenvalue weighted by molar-refractivity contribution is 7.98. The highest BCUT2D eigenvalue weighted by Gasteiger charge is 2.21. The average molecular weight is 275 g/mol. The Balaban J connectivity index is 1.50. The second kappa shape index (κ2) is 5.75. The van der Waals surface area contributed by atoms with Gasteiger partial charge in [-0.05, 0) is 31.9 Å². The lowest BCUT2D eigenvalue weighted by molar-refractivity contribution is 0.363. The summed E-state index contributed by atoms with van der Waals surface area (Å²) in [5, 5.41) is 7.36. The molecule has 0 bridgehead atoms. The molecule has 0 unspecified atom stereocenters. The minimum Gasteiger partial charge on any atom is -0.338 e. The van der Waals surface area contributed by atoms with Crippen LogP contribution in [-0.2, 0) is 12.3 Å². The number of rotatable bonds is 6. The molecular weight excluding hydrogens is 258 g/mol. The van der Waals surface area contributed by atoms with Crippen LogP contribution in [0.5, 0.6) is 0 Å². The smallest absolute Gasteiger partial charge is 0.240 e. The Hall–Kier alpha value is -1.33. The number of aromatic nitrogens is 2. The third-order valence-electron chi connectivity index (χ3n) is 3.02. The standard InChI is InChI=1S/C14H17N3OS/c1-10-2-6-12(7-3-10)19-9-13-16-14(18-17-13)8-15-11-4-5-11/h2-3,6-7,11,15H,4-5,8-9H2,1H3. The van der Waals surface area contributed by atoms with Gasteiger partial charge in [-0.3, -0.25) is 0 Å². The number of benzene rings is 1. The van der Waals surface area contributed by atoms with Crippen LogP contribution in [0.1, 0.15) is 30.1 Å². The third-order valence-corrected chi connectivity index (χ3v) is 4.03. The van der Waals surface area contributed by atoms with Crippen LogP contribution in [0.2, 0.25) is 0 Å². The molecule has 1 N–H and O–H groups in total. The Morgan fingerprint density at radius 1 is 1.32 bits per heavy atom. The molecule has 0 aliphatic heterocycles. The van der Waals surface area contributed by atoms with Gasteiger partial charge < -0.3 is 9.84 Å². The van der Waals surface area contributed by atoms with E-state index in [2.05, 4.69) is 46.6 Å². The van der Waals surface area contributed by atoms with E-state index in [1.807, 2.05) is 0 Å². The lowest BCUT2D eigenvalue weighted by Gasteiger charge is -1.98. The summed E-state index contributed by atoms with van der Waals surface area (Å²) in [6.07, 6.45) is 2.54. The van der Waals surface area contributed by atoms with E-state index in [9.17, 15) is 0 Å². The summed E-state index contributed by atoms with van der Waals surface area (Å²) in [4.78, 5) is 5.61. The molecule has 0 radical (unpaired) electrons. The van der Waals surface area contributed by atoms with Gasteiger partial charge in [0.1, 0.15) is 0 Å². The molecule has 0 saturated heterocycles. The van der Waals surface area contributed by atoms with Crippen molar-refractivity contribution in [2.75, 3.05) is 0 Å². The minimum absolute atomic E-state index is 0.664. The molecule has 1 aromatic heterocycles. The van der Waals surface area contributed by atoms with Crippen molar-refractivity contribution in [3.63, 3.8) is 0 Å². The largest absolute Gasteiger partial charge is 0.338 e. The molecule has 3 rings (SSSR count). The maximum atomic E-state index is 5.21. The quantitative estimate of drug-likeness (QED) is 0.821. The molecule has 0 spiro atoms. The van der Waals surface area contributed by atoms with Crippen molar-refractivity contribution >= 4 is 11.8 Å². The minimum atomic E-state index is 0.664. The fourth-order valence-electron chi connectivity index (χ4n) is 1.72. The van der Waals surface area contributed by atoms with Crippen LogP contribution in [0.3, 0.4) is 0 Å². The van der Waals surface area contributed by atoms with E-state index in [0.29, 0.717) is 18.5 Å². The lowest BCUT2D eigenvalue weighted by atomic mass is 10.2. The monoisotopic (exact) mass is 275 g/mol. The molecule has 100 valence electrons. The normalized spacial score (nSPS) is 14.8. The molecule has 1 aromatic carbocycles. The zero-order chi connectivity index (χ0) is 13.1. The zero-order valence-electron chi connectivity index (χ0n) is 10.9. The number of thioether (sulfide) groups is 1. The first-order valence-corrected chi connectivity index (χ1v) is 7.52. The van der Waals surface area contributed by atoms with Gasteiger partial charge in [0.15, 0.2) is 5.82 Å². The molecule has 0 atom stereocenters. The van der Waals surface area contributed by atoms with Crippen LogP contribution in [0.15, 0.2) is 33.7 Å². The molecule has 1 heterocycles. The number of hydrogen-bond acceptors (Lipinski definition) is 5. The first kappa shape index (κ1) is 12.7. The Labute approximate surface area is 117 Å². The van der Waals surface area contributed by atoms with Crippen LogP contribution in [0.4, 0.5) is 0 Å². The Bertz CT molecular complexity index is 534. The van der Waals surface area contributed by atoms with Gasteiger partial charge in [0.05, 0.1) is 12.3 Å². The van der Waals surface area contributed by atoms with E-state index in [-0.39, 0.29) is 0 Å². The van der Waals surface area contributed by atoms with Gasteiger partial charge in [-0.2, -0.15) is 4.98 Å². The summed E-state index contributed by atoms with van der Waals surface area (Å²) in [5.41, 5.74) is 1.28. The van der Waals surface area contributed by atoms with Gasteiger partial charge in [-0.15, -0.1) is 11.8 Å². The van der Waals surface area contributed by atoms with E-state index >= 15 is 0 Å². The summed E-state index contributed by atoms with van der Waals surface area (Å²) < 4.78 is 5.21. The molecule has 19 heavy (non-hydrogen) atoms. The summed E-state index contributed by atoms with van der Waals surface area (Å²) >= 11 is 1.73. The van der Waals surface area contributed by atoms with Crippen LogP contribution >= 0.6 is 11.8 Å². The first-order chi connectivity index (χ1) is 9.29. The summed E-state index contributed by atoms with van der Waals surface area (Å²) in [6, 6.07) is 9.13. The van der Waals surface area contributed by atoms with Crippen LogP contribution in [0, 0.1) is 6.92 Å². The third kappa shape index (κ3) is 3.81. The van der Waals surface area contributed by atoms with Crippen molar-refractivity contribution in [3.05, 3.63) is 41.5 Å². The molecule has 2 aromatic rings. The number of nitrogens with zero attached hydrogens (tertiary/aromatic N) is 2. The number of aryl methyl sites for hydroxylation is 1. The van der Waals surface area contributed by atoms with Crippen LogP contribution < -0.4 is 5.32 Å². The van der Waals surface area contributed by atoms with Gasteiger partial charge in [-0.1, -0.05) is 22.9 Å². The van der Waals surface area contributed by atoms with E-state index in [4.69, 9.17) is 4.52 Å². The maximum absolute atomic E-state index is 5.21. The Kier molecular flexibility index (Phi) is 3.84. The van der Waals surface area contributed by atoms with Crippen molar-refractivity contribution in [1.82, 2.24) is 15.5 Å². The molecule has 5 heteroatoms. The van der Waals surface area contributed by atoms with E-state index in [1.165, 1.54) is 23.3 Å². The van der Waals surface area contributed by atoms with Crippen molar-refractivity contribution in [1.29, 1.82) is 0 Å². The molecular formula is C14H17N3OS. The second-order valence-electron chi connectivity index (χ2n) is 4.86. The summed E-state index contributed by atoms with van der Waals surface area (Å²) in [5.74, 6) is 2.19. The van der Waals surface area contributed by atoms with E-state index in [0.717, 1.165) is 11.6 Å². The van der Waals surface area contributed by atoms with E-state index in [1.54, 1.807) is 11.8 Å². The van der Waals surface area contributed by atoms with Gasteiger partial charge in [0.2, 0.25) is 5.89 Å². The van der Waals surface area contributed by atoms with Crippen molar-refractivity contribution in [2.45, 2.75) is 43.0 Å². The van der Waals surface area contributed by atoms with E-state index < -0.39 is 0 Å². The van der Waals surface area contributed by atoms with Crippen molar-refractivity contribution in [2.24, 2.45) is 0 Å². The average Bonchev–Trinajstić information content (AvgIpc) is 3.15. The number of nitrogens with one attached hydrogen (secondary N) is 1. The van der Waals surface area contributed by atoms with Crippen molar-refractivity contribution < 1.29 is 4.52 Å². The molecule has 4 nitrogen and oxygen atoms in total. The highest BCUT2D eigenvalue weighted by Crippen LogP contribution is 2.22. The SMILES string of the molecule is Cc1ccc(SCc2noc(CNC3CC3)n2)cc1. The Morgan fingerprint density at radius 3 is 2.84 bits per heavy atom. The van der Waals surface area contributed by atoms with Crippen molar-refractivity contribution in [3.8, 4) is 0 Å². The second-order valence-corrected chi connectivity index (χ2v) is 5.91. The number of hydrogen-bond donors (Lipinski definition) is 1. The molecule has 1 aliphatic rings. The van der Waals surface area contributed by atoms with Gasteiger partial charge in [-0.25, -0.2) is 0 Å². The first-order valence-electron chi connectivity index (χ1n) is 6.54.